The number of carbonyl (C=O) groups excluding carboxylic acids is 2. The highest BCUT2D eigenvalue weighted by molar-refractivity contribution is 5.99. The average molecular weight is 311 g/mol. The van der Waals surface area contributed by atoms with E-state index >= 15 is 0 Å². The molecule has 118 valence electrons. The Labute approximate surface area is 132 Å². The van der Waals surface area contributed by atoms with Crippen molar-refractivity contribution in [1.29, 1.82) is 0 Å². The normalized spacial score (nSPS) is 10.9. The molecule has 0 bridgehead atoms. The Balaban J connectivity index is 1.75. The number of hydrogen-bond acceptors (Lipinski definition) is 3. The van der Waals surface area contributed by atoms with Crippen molar-refractivity contribution < 1.29 is 14.0 Å². The number of hydrogen-bond donors (Lipinski definition) is 3. The second kappa shape index (κ2) is 5.64. The Kier molecular flexibility index (Phi) is 3.65. The number of furan rings is 1. The third kappa shape index (κ3) is 2.96. The third-order valence-corrected chi connectivity index (χ3v) is 3.66. The van der Waals surface area contributed by atoms with Crippen molar-refractivity contribution >= 4 is 22.7 Å². The number of amides is 2. The summed E-state index contributed by atoms with van der Waals surface area (Å²) < 4.78 is 5.23. The van der Waals surface area contributed by atoms with Gasteiger partial charge in [0.25, 0.3) is 11.8 Å². The van der Waals surface area contributed by atoms with Gasteiger partial charge in [-0.05, 0) is 49.2 Å². The molecular weight excluding hydrogens is 294 g/mol. The van der Waals surface area contributed by atoms with E-state index in [1.807, 2.05) is 26.0 Å². The topological polar surface area (TPSA) is 101 Å². The fraction of sp³-hybridized carbons (Fsp3) is 0.176. The van der Waals surface area contributed by atoms with Gasteiger partial charge in [-0.25, -0.2) is 0 Å². The minimum Gasteiger partial charge on any atom is -0.454 e. The van der Waals surface area contributed by atoms with Crippen LogP contribution < -0.4 is 11.1 Å². The van der Waals surface area contributed by atoms with Crippen LogP contribution in [0.5, 0.6) is 0 Å². The van der Waals surface area contributed by atoms with Gasteiger partial charge in [-0.1, -0.05) is 6.07 Å². The standard InChI is InChI=1S/C17H17N3O3/c1-9-5-10(2)12-7-14(20-13(12)6-9)17(22)19-8-11-3-4-15(23-11)16(18)21/h3-7,20H,8H2,1-2H3,(H2,18,21)(H,19,22). The minimum atomic E-state index is -0.635. The SMILES string of the molecule is Cc1cc(C)c2cc(C(=O)NCc3ccc(C(N)=O)o3)[nH]c2c1. The van der Waals surface area contributed by atoms with Gasteiger partial charge in [0, 0.05) is 10.9 Å². The molecule has 0 atom stereocenters. The van der Waals surface area contributed by atoms with E-state index in [4.69, 9.17) is 10.2 Å². The van der Waals surface area contributed by atoms with Gasteiger partial charge < -0.3 is 20.5 Å². The van der Waals surface area contributed by atoms with E-state index in [1.54, 1.807) is 6.07 Å². The van der Waals surface area contributed by atoms with Crippen LogP contribution >= 0.6 is 0 Å². The van der Waals surface area contributed by atoms with Gasteiger partial charge in [0.1, 0.15) is 11.5 Å². The maximum atomic E-state index is 12.2. The van der Waals surface area contributed by atoms with E-state index in [0.717, 1.165) is 22.0 Å². The summed E-state index contributed by atoms with van der Waals surface area (Å²) in [6.45, 7) is 4.21. The molecule has 0 saturated carbocycles. The van der Waals surface area contributed by atoms with Crippen LogP contribution in [0.1, 0.15) is 37.9 Å². The summed E-state index contributed by atoms with van der Waals surface area (Å²) in [5.41, 5.74) is 8.79. The lowest BCUT2D eigenvalue weighted by atomic mass is 10.1. The number of fused-ring (bicyclic) bond motifs is 1. The smallest absolute Gasteiger partial charge is 0.284 e. The lowest BCUT2D eigenvalue weighted by Gasteiger charge is -2.00. The van der Waals surface area contributed by atoms with Crippen LogP contribution in [0, 0.1) is 13.8 Å². The van der Waals surface area contributed by atoms with E-state index < -0.39 is 5.91 Å². The highest BCUT2D eigenvalue weighted by atomic mass is 16.4. The van der Waals surface area contributed by atoms with Gasteiger partial charge in [-0.3, -0.25) is 9.59 Å². The first-order chi connectivity index (χ1) is 10.9. The van der Waals surface area contributed by atoms with Gasteiger partial charge in [-0.2, -0.15) is 0 Å². The largest absolute Gasteiger partial charge is 0.454 e. The van der Waals surface area contributed by atoms with Crippen molar-refractivity contribution in [2.75, 3.05) is 0 Å². The number of aromatic nitrogens is 1. The summed E-state index contributed by atoms with van der Waals surface area (Å²) in [6, 6.07) is 9.01. The quantitative estimate of drug-likeness (QED) is 0.689. The molecule has 0 aliphatic rings. The predicted octanol–water partition coefficient (Wildman–Crippen LogP) is 2.41. The first-order valence-corrected chi connectivity index (χ1v) is 7.21. The second-order valence-electron chi connectivity index (χ2n) is 5.54. The van der Waals surface area contributed by atoms with E-state index in [9.17, 15) is 9.59 Å². The van der Waals surface area contributed by atoms with Gasteiger partial charge in [0.05, 0.1) is 6.54 Å². The number of aryl methyl sites for hydroxylation is 2. The molecule has 6 nitrogen and oxygen atoms in total. The van der Waals surface area contributed by atoms with Crippen molar-refractivity contribution in [1.82, 2.24) is 10.3 Å². The van der Waals surface area contributed by atoms with Crippen LogP contribution in [-0.2, 0) is 6.54 Å². The van der Waals surface area contributed by atoms with Gasteiger partial charge in [0.2, 0.25) is 0 Å². The van der Waals surface area contributed by atoms with Crippen LogP contribution in [0.4, 0.5) is 0 Å². The molecule has 2 aromatic heterocycles. The lowest BCUT2D eigenvalue weighted by Crippen LogP contribution is -2.22. The molecule has 2 amide bonds. The van der Waals surface area contributed by atoms with Crippen molar-refractivity contribution in [3.8, 4) is 0 Å². The van der Waals surface area contributed by atoms with Crippen molar-refractivity contribution in [3.63, 3.8) is 0 Å². The highest BCUT2D eigenvalue weighted by Crippen LogP contribution is 2.21. The van der Waals surface area contributed by atoms with Gasteiger partial charge >= 0.3 is 0 Å². The number of rotatable bonds is 4. The van der Waals surface area contributed by atoms with Crippen LogP contribution in [-0.4, -0.2) is 16.8 Å². The van der Waals surface area contributed by atoms with Crippen LogP contribution in [0.15, 0.2) is 34.7 Å². The Bertz CT molecular complexity index is 905. The fourth-order valence-corrected chi connectivity index (χ4v) is 2.59. The lowest BCUT2D eigenvalue weighted by molar-refractivity contribution is 0.0943. The molecule has 0 aliphatic heterocycles. The Morgan fingerprint density at radius 2 is 2.00 bits per heavy atom. The van der Waals surface area contributed by atoms with Crippen LogP contribution in [0.25, 0.3) is 10.9 Å². The molecule has 0 spiro atoms. The molecule has 0 unspecified atom stereocenters. The molecule has 6 heteroatoms. The number of benzene rings is 1. The van der Waals surface area contributed by atoms with E-state index in [1.165, 1.54) is 6.07 Å². The zero-order valence-electron chi connectivity index (χ0n) is 12.9. The number of nitrogens with one attached hydrogen (secondary N) is 2. The summed E-state index contributed by atoms with van der Waals surface area (Å²) >= 11 is 0. The van der Waals surface area contributed by atoms with Crippen molar-refractivity contribution in [3.05, 3.63) is 58.7 Å². The molecule has 23 heavy (non-hydrogen) atoms. The first-order valence-electron chi connectivity index (χ1n) is 7.21. The molecular formula is C17H17N3O3. The minimum absolute atomic E-state index is 0.0750. The van der Waals surface area contributed by atoms with Crippen molar-refractivity contribution in [2.45, 2.75) is 20.4 Å². The van der Waals surface area contributed by atoms with Gasteiger partial charge in [0.15, 0.2) is 5.76 Å². The Hall–Kier alpha value is -3.02. The highest BCUT2D eigenvalue weighted by Gasteiger charge is 2.12. The molecule has 3 rings (SSSR count). The molecule has 0 radical (unpaired) electrons. The van der Waals surface area contributed by atoms with Crippen LogP contribution in [0.2, 0.25) is 0 Å². The molecule has 2 heterocycles. The van der Waals surface area contributed by atoms with Crippen molar-refractivity contribution in [2.24, 2.45) is 5.73 Å². The number of aromatic amines is 1. The number of H-pyrrole nitrogens is 1. The van der Waals surface area contributed by atoms with E-state index in [-0.39, 0.29) is 18.2 Å². The molecule has 1 aromatic carbocycles. The van der Waals surface area contributed by atoms with E-state index in [2.05, 4.69) is 16.4 Å². The monoisotopic (exact) mass is 311 g/mol. The number of primary amides is 1. The zero-order chi connectivity index (χ0) is 16.6. The maximum Gasteiger partial charge on any atom is 0.284 e. The summed E-state index contributed by atoms with van der Waals surface area (Å²) in [7, 11) is 0. The second-order valence-corrected chi connectivity index (χ2v) is 5.54. The summed E-state index contributed by atoms with van der Waals surface area (Å²) in [4.78, 5) is 26.3. The molecule has 4 N–H and O–H groups in total. The Morgan fingerprint density at radius 3 is 2.70 bits per heavy atom. The van der Waals surface area contributed by atoms with Gasteiger partial charge in [-0.15, -0.1) is 0 Å². The summed E-state index contributed by atoms with van der Waals surface area (Å²) in [5.74, 6) is -0.333. The zero-order valence-corrected chi connectivity index (χ0v) is 12.9. The summed E-state index contributed by atoms with van der Waals surface area (Å²) in [6.07, 6.45) is 0. The average Bonchev–Trinajstić information content (AvgIpc) is 3.11. The molecule has 3 aromatic rings. The number of carbonyl (C=O) groups is 2. The third-order valence-electron chi connectivity index (χ3n) is 3.66. The van der Waals surface area contributed by atoms with E-state index in [0.29, 0.717) is 11.5 Å². The van der Waals surface area contributed by atoms with Crippen LogP contribution in [0.3, 0.4) is 0 Å². The Morgan fingerprint density at radius 1 is 1.22 bits per heavy atom. The molecule has 0 fully saturated rings. The first kappa shape index (κ1) is 14.9. The molecule has 0 aliphatic carbocycles. The molecule has 0 saturated heterocycles. The summed E-state index contributed by atoms with van der Waals surface area (Å²) in [5, 5.41) is 3.77. The maximum absolute atomic E-state index is 12.2. The fourth-order valence-electron chi connectivity index (χ4n) is 2.59. The number of nitrogens with two attached hydrogens (primary N) is 1. The predicted molar refractivity (Wildman–Crippen MR) is 86.2 cm³/mol.